The number of piperidine rings is 1. The molecule has 3 aliphatic rings. The van der Waals surface area contributed by atoms with Gasteiger partial charge >= 0.3 is 0 Å². The molecule has 7 nitrogen and oxygen atoms in total. The number of ether oxygens (including phenoxy) is 1. The molecule has 0 bridgehead atoms. The first-order valence-electron chi connectivity index (χ1n) is 9.96. The second-order valence-corrected chi connectivity index (χ2v) is 8.62. The molecule has 2 amide bonds. The summed E-state index contributed by atoms with van der Waals surface area (Å²) in [5.41, 5.74) is 0.154. The van der Waals surface area contributed by atoms with Crippen LogP contribution in [-0.4, -0.2) is 63.4 Å². The van der Waals surface area contributed by atoms with E-state index in [1.807, 2.05) is 32.8 Å². The minimum atomic E-state index is -0.590. The minimum Gasteiger partial charge on any atom is -0.352 e. The molecule has 28 heavy (non-hydrogen) atoms. The van der Waals surface area contributed by atoms with Crippen LogP contribution in [0.5, 0.6) is 0 Å². The van der Waals surface area contributed by atoms with Gasteiger partial charge in [0, 0.05) is 56.8 Å². The highest BCUT2D eigenvalue weighted by atomic mass is 32.1. The number of hydrogen-bond donors (Lipinski definition) is 0. The summed E-state index contributed by atoms with van der Waals surface area (Å²) in [6.07, 6.45) is 6.70. The molecule has 8 heteroatoms. The van der Waals surface area contributed by atoms with Gasteiger partial charge in [-0.1, -0.05) is 0 Å². The zero-order valence-corrected chi connectivity index (χ0v) is 16.6. The standard InChI is InChI=1S/C20H24N4O3S/c25-17(15-3-12-28-14-15)23-9-4-20(5-10-23)19-21-6-11-24(19)13-16(27-20)18(26)22-7-1-2-8-22/h3,6,11-12,14,16H,1-2,4-5,7-10,13H2. The summed E-state index contributed by atoms with van der Waals surface area (Å²) < 4.78 is 8.55. The molecule has 1 atom stereocenters. The molecule has 5 heterocycles. The number of carbonyl (C=O) groups excluding carboxylic acids is 2. The van der Waals surface area contributed by atoms with Gasteiger partial charge in [-0.15, -0.1) is 0 Å². The molecule has 0 aliphatic carbocycles. The number of thiophene rings is 1. The van der Waals surface area contributed by atoms with E-state index in [0.717, 1.165) is 37.3 Å². The molecule has 0 saturated carbocycles. The molecule has 5 rings (SSSR count). The fraction of sp³-hybridized carbons (Fsp3) is 0.550. The fourth-order valence-corrected chi connectivity index (χ4v) is 5.28. The van der Waals surface area contributed by atoms with Crippen LogP contribution >= 0.6 is 11.3 Å². The maximum Gasteiger partial charge on any atom is 0.254 e. The summed E-state index contributed by atoms with van der Waals surface area (Å²) >= 11 is 1.53. The Bertz CT molecular complexity index is 864. The Morgan fingerprint density at radius 2 is 1.93 bits per heavy atom. The molecule has 1 spiro atoms. The van der Waals surface area contributed by atoms with Crippen molar-refractivity contribution >= 4 is 23.2 Å². The normalized spacial score (nSPS) is 23.8. The number of carbonyl (C=O) groups is 2. The van der Waals surface area contributed by atoms with Gasteiger partial charge in [-0.25, -0.2) is 4.98 Å². The van der Waals surface area contributed by atoms with Gasteiger partial charge in [0.1, 0.15) is 11.4 Å². The Kier molecular flexibility index (Phi) is 4.47. The van der Waals surface area contributed by atoms with Gasteiger partial charge in [0.05, 0.1) is 12.1 Å². The first-order chi connectivity index (χ1) is 13.7. The molecule has 2 fully saturated rings. The average molecular weight is 401 g/mol. The van der Waals surface area contributed by atoms with E-state index < -0.39 is 11.7 Å². The molecule has 148 valence electrons. The molecule has 2 aromatic heterocycles. The van der Waals surface area contributed by atoms with Crippen molar-refractivity contribution in [2.45, 2.75) is 43.9 Å². The lowest BCUT2D eigenvalue weighted by molar-refractivity contribution is -0.179. The molecular formula is C20H24N4O3S. The SMILES string of the molecule is O=C(c1ccsc1)N1CCC2(CC1)OC(C(=O)N1CCCC1)Cn1ccnc12. The molecular weight excluding hydrogens is 376 g/mol. The lowest BCUT2D eigenvalue weighted by Crippen LogP contribution is -2.55. The summed E-state index contributed by atoms with van der Waals surface area (Å²) in [7, 11) is 0. The Labute approximate surface area is 167 Å². The van der Waals surface area contributed by atoms with E-state index in [1.165, 1.54) is 11.3 Å². The highest BCUT2D eigenvalue weighted by Gasteiger charge is 2.48. The molecule has 0 aromatic carbocycles. The maximum atomic E-state index is 13.0. The zero-order valence-electron chi connectivity index (χ0n) is 15.7. The Morgan fingerprint density at radius 3 is 2.64 bits per heavy atom. The van der Waals surface area contributed by atoms with Crippen LogP contribution in [0.1, 0.15) is 41.9 Å². The predicted molar refractivity (Wildman–Crippen MR) is 104 cm³/mol. The number of fused-ring (bicyclic) bond motifs is 2. The van der Waals surface area contributed by atoms with E-state index in [1.54, 1.807) is 6.20 Å². The number of nitrogens with zero attached hydrogens (tertiary/aromatic N) is 4. The van der Waals surface area contributed by atoms with E-state index in [0.29, 0.717) is 32.5 Å². The van der Waals surface area contributed by atoms with E-state index in [9.17, 15) is 9.59 Å². The van der Waals surface area contributed by atoms with Crippen LogP contribution in [0.25, 0.3) is 0 Å². The van der Waals surface area contributed by atoms with Crippen LogP contribution in [0.3, 0.4) is 0 Å². The first-order valence-corrected chi connectivity index (χ1v) is 10.9. The molecule has 0 N–H and O–H groups in total. The Morgan fingerprint density at radius 1 is 1.14 bits per heavy atom. The maximum absolute atomic E-state index is 13.0. The average Bonchev–Trinajstić information content (AvgIpc) is 3.50. The van der Waals surface area contributed by atoms with E-state index in [4.69, 9.17) is 4.74 Å². The number of likely N-dealkylation sites (tertiary alicyclic amines) is 2. The summed E-state index contributed by atoms with van der Waals surface area (Å²) in [5.74, 6) is 1.05. The van der Waals surface area contributed by atoms with Gasteiger partial charge in [-0.2, -0.15) is 11.3 Å². The summed E-state index contributed by atoms with van der Waals surface area (Å²) in [4.78, 5) is 34.0. The number of imidazole rings is 1. The second kappa shape index (κ2) is 7.00. The molecule has 2 aromatic rings. The minimum absolute atomic E-state index is 0.0694. The summed E-state index contributed by atoms with van der Waals surface area (Å²) in [5, 5.41) is 3.82. The van der Waals surface area contributed by atoms with Crippen LogP contribution in [0, 0.1) is 0 Å². The molecule has 2 saturated heterocycles. The van der Waals surface area contributed by atoms with Crippen LogP contribution < -0.4 is 0 Å². The van der Waals surface area contributed by atoms with Crippen molar-refractivity contribution in [2.75, 3.05) is 26.2 Å². The van der Waals surface area contributed by atoms with Crippen molar-refractivity contribution in [2.24, 2.45) is 0 Å². The van der Waals surface area contributed by atoms with Crippen molar-refractivity contribution in [3.05, 3.63) is 40.6 Å². The van der Waals surface area contributed by atoms with Crippen molar-refractivity contribution in [3.8, 4) is 0 Å². The van der Waals surface area contributed by atoms with Gasteiger partial charge in [-0.05, 0) is 24.3 Å². The molecule has 1 unspecified atom stereocenters. The monoisotopic (exact) mass is 400 g/mol. The quantitative estimate of drug-likeness (QED) is 0.774. The van der Waals surface area contributed by atoms with Gasteiger partial charge in [0.25, 0.3) is 11.8 Å². The van der Waals surface area contributed by atoms with Crippen molar-refractivity contribution in [3.63, 3.8) is 0 Å². The third kappa shape index (κ3) is 2.95. The third-order valence-electron chi connectivity index (χ3n) is 6.17. The lowest BCUT2D eigenvalue weighted by atomic mass is 9.88. The number of aromatic nitrogens is 2. The highest BCUT2D eigenvalue weighted by Crippen LogP contribution is 2.40. The van der Waals surface area contributed by atoms with Crippen LogP contribution in [0.2, 0.25) is 0 Å². The fourth-order valence-electron chi connectivity index (χ4n) is 4.65. The van der Waals surface area contributed by atoms with Crippen molar-refractivity contribution in [1.82, 2.24) is 19.4 Å². The third-order valence-corrected chi connectivity index (χ3v) is 6.86. The summed E-state index contributed by atoms with van der Waals surface area (Å²) in [6.45, 7) is 3.37. The van der Waals surface area contributed by atoms with E-state index in [-0.39, 0.29) is 11.8 Å². The number of amides is 2. The number of hydrogen-bond acceptors (Lipinski definition) is 5. The lowest BCUT2D eigenvalue weighted by Gasteiger charge is -2.46. The van der Waals surface area contributed by atoms with Gasteiger partial charge in [0.15, 0.2) is 6.10 Å². The Hall–Kier alpha value is -2.19. The Balaban J connectivity index is 1.35. The molecule has 0 radical (unpaired) electrons. The zero-order chi connectivity index (χ0) is 19.1. The first kappa shape index (κ1) is 17.9. The van der Waals surface area contributed by atoms with E-state index in [2.05, 4.69) is 9.55 Å². The van der Waals surface area contributed by atoms with E-state index >= 15 is 0 Å². The largest absolute Gasteiger partial charge is 0.352 e. The highest BCUT2D eigenvalue weighted by molar-refractivity contribution is 7.08. The van der Waals surface area contributed by atoms with Crippen molar-refractivity contribution < 1.29 is 14.3 Å². The molecule has 3 aliphatic heterocycles. The van der Waals surface area contributed by atoms with Crippen LogP contribution in [0.4, 0.5) is 0 Å². The second-order valence-electron chi connectivity index (χ2n) is 7.84. The number of rotatable bonds is 2. The van der Waals surface area contributed by atoms with Crippen LogP contribution in [0.15, 0.2) is 29.2 Å². The predicted octanol–water partition coefficient (Wildman–Crippen LogP) is 2.10. The topological polar surface area (TPSA) is 67.7 Å². The van der Waals surface area contributed by atoms with Crippen molar-refractivity contribution in [1.29, 1.82) is 0 Å². The summed E-state index contributed by atoms with van der Waals surface area (Å²) in [6, 6.07) is 1.87. The van der Waals surface area contributed by atoms with Gasteiger partial charge in [0.2, 0.25) is 0 Å². The van der Waals surface area contributed by atoms with Crippen LogP contribution in [-0.2, 0) is 21.7 Å². The van der Waals surface area contributed by atoms with Gasteiger partial charge in [-0.3, -0.25) is 9.59 Å². The smallest absolute Gasteiger partial charge is 0.254 e. The van der Waals surface area contributed by atoms with Gasteiger partial charge < -0.3 is 19.1 Å².